The Morgan fingerprint density at radius 1 is 0.492 bits per heavy atom. The van der Waals surface area contributed by atoms with Gasteiger partial charge in [0.15, 0.2) is 5.82 Å². The van der Waals surface area contributed by atoms with Crippen molar-refractivity contribution in [3.63, 3.8) is 0 Å². The van der Waals surface area contributed by atoms with Crippen LogP contribution in [0.1, 0.15) is 75.3 Å². The van der Waals surface area contributed by atoms with E-state index in [0.717, 1.165) is 50.2 Å². The second-order valence-corrected chi connectivity index (χ2v) is 16.5. The molecule has 0 unspecified atom stereocenters. The van der Waals surface area contributed by atoms with Crippen LogP contribution >= 0.6 is 0 Å². The maximum atomic E-state index is 10.8. The number of aromatic nitrogens is 3. The van der Waals surface area contributed by atoms with Crippen molar-refractivity contribution in [2.75, 3.05) is 0 Å². The third kappa shape index (κ3) is 13.4. The SMILES string of the molecule is Cc1coc(-c2cc(C(C)(C)C)cc(-c3ccccc3)c2O)n1.Cc1noc(-c2cc(C(C)(C)C)cc(-c3ccccc3)c2O)n1.[CH2-]c1ccccc1.[CH2-]c1ccccc1.[Zr+2]. The van der Waals surface area contributed by atoms with Gasteiger partial charge in [0.1, 0.15) is 17.8 Å². The Morgan fingerprint density at radius 2 is 0.852 bits per heavy atom. The van der Waals surface area contributed by atoms with Gasteiger partial charge in [-0.2, -0.15) is 54.2 Å². The second-order valence-electron chi connectivity index (χ2n) is 16.5. The Bertz CT molecular complexity index is 2370. The van der Waals surface area contributed by atoms with E-state index in [4.69, 9.17) is 8.94 Å². The molecule has 6 aromatic carbocycles. The summed E-state index contributed by atoms with van der Waals surface area (Å²) < 4.78 is 10.8. The molecule has 0 fully saturated rings. The van der Waals surface area contributed by atoms with Crippen molar-refractivity contribution >= 4 is 0 Å². The van der Waals surface area contributed by atoms with Crippen LogP contribution in [0.5, 0.6) is 11.5 Å². The van der Waals surface area contributed by atoms with E-state index in [2.05, 4.69) is 70.5 Å². The Kier molecular flexibility index (Phi) is 16.7. The molecule has 0 spiro atoms. The molecule has 0 aliphatic carbocycles. The molecular formula is C53H55N3O4Zr. The fraction of sp³-hybridized carbons (Fsp3) is 0.189. The average Bonchev–Trinajstić information content (AvgIpc) is 3.87. The van der Waals surface area contributed by atoms with E-state index in [-0.39, 0.29) is 48.5 Å². The largest absolute Gasteiger partial charge is 2.00 e. The fourth-order valence-electron chi connectivity index (χ4n) is 5.98. The molecule has 7 nitrogen and oxygen atoms in total. The molecule has 8 aromatic rings. The number of rotatable bonds is 4. The van der Waals surface area contributed by atoms with E-state index >= 15 is 0 Å². The first-order valence-electron chi connectivity index (χ1n) is 19.8. The number of nitrogens with zero attached hydrogens (tertiary/aromatic N) is 3. The van der Waals surface area contributed by atoms with Crippen molar-refractivity contribution in [3.05, 3.63) is 199 Å². The molecule has 61 heavy (non-hydrogen) atoms. The van der Waals surface area contributed by atoms with Crippen molar-refractivity contribution < 1.29 is 45.4 Å². The van der Waals surface area contributed by atoms with Gasteiger partial charge in [-0.25, -0.2) is 4.98 Å². The van der Waals surface area contributed by atoms with E-state index in [1.807, 2.05) is 153 Å². The number of phenols is 2. The van der Waals surface area contributed by atoms with Gasteiger partial charge in [-0.1, -0.05) is 119 Å². The zero-order chi connectivity index (χ0) is 43.5. The first-order chi connectivity index (χ1) is 28.5. The van der Waals surface area contributed by atoms with Gasteiger partial charge in [-0.3, -0.25) is 0 Å². The first kappa shape index (κ1) is 47.6. The van der Waals surface area contributed by atoms with Gasteiger partial charge in [0, 0.05) is 11.1 Å². The van der Waals surface area contributed by atoms with E-state index in [0.29, 0.717) is 28.7 Å². The number of hydrogen-bond acceptors (Lipinski definition) is 7. The minimum absolute atomic E-state index is 0. The van der Waals surface area contributed by atoms with Gasteiger partial charge in [0.25, 0.3) is 5.89 Å². The molecule has 2 heterocycles. The van der Waals surface area contributed by atoms with Gasteiger partial charge >= 0.3 is 26.2 Å². The molecule has 310 valence electrons. The Hall–Kier alpha value is -6.11. The molecule has 0 atom stereocenters. The van der Waals surface area contributed by atoms with Gasteiger partial charge in [-0.05, 0) is 71.2 Å². The Labute approximate surface area is 380 Å². The molecule has 8 heteroatoms. The summed E-state index contributed by atoms with van der Waals surface area (Å²) in [6.07, 6.45) is 1.60. The summed E-state index contributed by atoms with van der Waals surface area (Å²) in [7, 11) is 0. The molecule has 0 saturated carbocycles. The molecule has 0 radical (unpaired) electrons. The van der Waals surface area contributed by atoms with Crippen molar-refractivity contribution in [1.29, 1.82) is 0 Å². The third-order valence-electron chi connectivity index (χ3n) is 9.41. The van der Waals surface area contributed by atoms with Crippen molar-refractivity contribution in [2.45, 2.75) is 66.2 Å². The van der Waals surface area contributed by atoms with E-state index in [9.17, 15) is 10.2 Å². The molecule has 0 bridgehead atoms. The van der Waals surface area contributed by atoms with Crippen molar-refractivity contribution in [1.82, 2.24) is 15.1 Å². The summed E-state index contributed by atoms with van der Waals surface area (Å²) >= 11 is 0. The molecule has 2 N–H and O–H groups in total. The number of benzene rings is 6. The summed E-state index contributed by atoms with van der Waals surface area (Å²) in [5, 5.41) is 25.4. The molecule has 0 aliphatic heterocycles. The summed E-state index contributed by atoms with van der Waals surface area (Å²) in [4.78, 5) is 8.63. The number of hydrogen-bond donors (Lipinski definition) is 2. The summed E-state index contributed by atoms with van der Waals surface area (Å²) in [6.45, 7) is 23.9. The van der Waals surface area contributed by atoms with Crippen LogP contribution in [0.15, 0.2) is 161 Å². The molecule has 0 aliphatic rings. The van der Waals surface area contributed by atoms with Crippen molar-refractivity contribution in [2.24, 2.45) is 0 Å². The van der Waals surface area contributed by atoms with Crippen LogP contribution in [0.25, 0.3) is 45.2 Å². The average molecular weight is 889 g/mol. The number of aryl methyl sites for hydroxylation is 2. The molecule has 0 amide bonds. The van der Waals surface area contributed by atoms with Gasteiger partial charge < -0.3 is 19.2 Å². The van der Waals surface area contributed by atoms with E-state index < -0.39 is 0 Å². The zero-order valence-electron chi connectivity index (χ0n) is 36.4. The Morgan fingerprint density at radius 3 is 1.15 bits per heavy atom. The fourth-order valence-corrected chi connectivity index (χ4v) is 5.98. The summed E-state index contributed by atoms with van der Waals surface area (Å²) in [5.74, 6) is 1.69. The summed E-state index contributed by atoms with van der Waals surface area (Å²) in [5.41, 5.74) is 9.73. The van der Waals surface area contributed by atoms with E-state index in [1.165, 1.54) is 0 Å². The van der Waals surface area contributed by atoms with Crippen LogP contribution in [-0.4, -0.2) is 25.3 Å². The normalized spacial score (nSPS) is 10.8. The maximum absolute atomic E-state index is 10.8. The van der Waals surface area contributed by atoms with Crippen LogP contribution in [0.4, 0.5) is 0 Å². The quantitative estimate of drug-likeness (QED) is 0.170. The molecule has 8 rings (SSSR count). The third-order valence-corrected chi connectivity index (χ3v) is 9.41. The van der Waals surface area contributed by atoms with Crippen LogP contribution in [-0.2, 0) is 37.0 Å². The topological polar surface area (TPSA) is 105 Å². The zero-order valence-corrected chi connectivity index (χ0v) is 38.9. The Balaban J connectivity index is 0.000000202. The number of aromatic hydroxyl groups is 2. The van der Waals surface area contributed by atoms with E-state index in [1.54, 1.807) is 13.2 Å². The van der Waals surface area contributed by atoms with Crippen molar-refractivity contribution in [3.8, 4) is 56.7 Å². The van der Waals surface area contributed by atoms with Crippen LogP contribution in [0.3, 0.4) is 0 Å². The molecule has 2 aromatic heterocycles. The van der Waals surface area contributed by atoms with Crippen LogP contribution in [0, 0.1) is 27.7 Å². The predicted molar refractivity (Wildman–Crippen MR) is 245 cm³/mol. The second kappa shape index (κ2) is 21.4. The summed E-state index contributed by atoms with van der Waals surface area (Å²) in [6, 6.07) is 47.4. The molecular weight excluding hydrogens is 834 g/mol. The minimum atomic E-state index is -0.0684. The molecule has 0 saturated heterocycles. The smallest absolute Gasteiger partial charge is 0.506 e. The number of oxazole rings is 1. The van der Waals surface area contributed by atoms with Gasteiger partial charge in [0.05, 0.1) is 16.8 Å². The van der Waals surface area contributed by atoms with Gasteiger partial charge in [-0.15, -0.1) is 24.3 Å². The minimum Gasteiger partial charge on any atom is -0.506 e. The van der Waals surface area contributed by atoms with Crippen LogP contribution in [0.2, 0.25) is 0 Å². The van der Waals surface area contributed by atoms with Gasteiger partial charge in [0.2, 0.25) is 5.89 Å². The number of phenolic OH excluding ortho intramolecular Hbond substituents is 2. The monoisotopic (exact) mass is 887 g/mol. The first-order valence-corrected chi connectivity index (χ1v) is 19.8. The van der Waals surface area contributed by atoms with Crippen LogP contribution < -0.4 is 0 Å². The maximum Gasteiger partial charge on any atom is 2.00 e. The standard InChI is InChI=1S/C20H21NO2.C19H20N2O2.2C7H7.Zr/c1-13-12-23-19(21-13)17-11-15(20(2,3)4)10-16(18(17)22)14-8-6-5-7-9-14;1-12-20-18(23-21-12)16-11-14(19(2,3)4)10-15(17(16)22)13-8-6-5-7-9-13;2*1-7-5-3-2-4-6-7;/h5-12,22H,1-4H3;5-11,22H,1-4H3;2*2-6H,1H2;/q;;2*-1;+2. The predicted octanol–water partition coefficient (Wildman–Crippen LogP) is 13.8.